The Morgan fingerprint density at radius 1 is 1.33 bits per heavy atom. The number of hydrogen-bond donors (Lipinski definition) is 3. The molecule has 1 fully saturated rings. The predicted molar refractivity (Wildman–Crippen MR) is 63.5 cm³/mol. The standard InChI is InChI=1S/C12H19N3/c1-8-2-3-9(13)6-11(8)12-5-4-10(14)7-15-12/h2-3,6,10,12,15H,4-5,7,13-14H2,1H3. The summed E-state index contributed by atoms with van der Waals surface area (Å²) in [5, 5.41) is 3.47. The third-order valence-corrected chi connectivity index (χ3v) is 3.13. The van der Waals surface area contributed by atoms with Gasteiger partial charge in [0.1, 0.15) is 0 Å². The van der Waals surface area contributed by atoms with Crippen molar-refractivity contribution < 1.29 is 0 Å². The van der Waals surface area contributed by atoms with Crippen LogP contribution in [0.15, 0.2) is 18.2 Å². The van der Waals surface area contributed by atoms with Crippen LogP contribution >= 0.6 is 0 Å². The van der Waals surface area contributed by atoms with E-state index in [-0.39, 0.29) is 0 Å². The number of benzene rings is 1. The van der Waals surface area contributed by atoms with Gasteiger partial charge in [0.05, 0.1) is 0 Å². The summed E-state index contributed by atoms with van der Waals surface area (Å²) >= 11 is 0. The first-order chi connectivity index (χ1) is 7.16. The highest BCUT2D eigenvalue weighted by molar-refractivity contribution is 5.45. The van der Waals surface area contributed by atoms with Crippen molar-refractivity contribution >= 4 is 5.69 Å². The fourth-order valence-corrected chi connectivity index (χ4v) is 2.18. The molecular weight excluding hydrogens is 186 g/mol. The Morgan fingerprint density at radius 3 is 2.80 bits per heavy atom. The lowest BCUT2D eigenvalue weighted by Crippen LogP contribution is -2.41. The zero-order valence-corrected chi connectivity index (χ0v) is 9.16. The molecule has 2 unspecified atom stereocenters. The van der Waals surface area contributed by atoms with Crippen molar-refractivity contribution in [2.24, 2.45) is 5.73 Å². The van der Waals surface area contributed by atoms with E-state index >= 15 is 0 Å². The van der Waals surface area contributed by atoms with Crippen LogP contribution < -0.4 is 16.8 Å². The van der Waals surface area contributed by atoms with Gasteiger partial charge in [-0.1, -0.05) is 6.07 Å². The van der Waals surface area contributed by atoms with Crippen LogP contribution in [0.3, 0.4) is 0 Å². The Hall–Kier alpha value is -1.06. The highest BCUT2D eigenvalue weighted by Gasteiger charge is 2.20. The molecule has 1 heterocycles. The van der Waals surface area contributed by atoms with Gasteiger partial charge in [0, 0.05) is 24.3 Å². The molecule has 1 aromatic carbocycles. The largest absolute Gasteiger partial charge is 0.399 e. The molecule has 0 amide bonds. The maximum Gasteiger partial charge on any atom is 0.0324 e. The number of nitrogens with one attached hydrogen (secondary N) is 1. The number of nitrogen functional groups attached to an aromatic ring is 1. The maximum absolute atomic E-state index is 5.86. The van der Waals surface area contributed by atoms with Crippen molar-refractivity contribution in [1.82, 2.24) is 5.32 Å². The van der Waals surface area contributed by atoms with Gasteiger partial charge in [0.15, 0.2) is 0 Å². The van der Waals surface area contributed by atoms with E-state index in [1.807, 2.05) is 6.07 Å². The van der Waals surface area contributed by atoms with Gasteiger partial charge in [-0.3, -0.25) is 0 Å². The molecule has 5 N–H and O–H groups in total. The second-order valence-electron chi connectivity index (χ2n) is 4.41. The third-order valence-electron chi connectivity index (χ3n) is 3.13. The molecule has 0 bridgehead atoms. The van der Waals surface area contributed by atoms with Crippen molar-refractivity contribution in [1.29, 1.82) is 0 Å². The number of hydrogen-bond acceptors (Lipinski definition) is 3. The van der Waals surface area contributed by atoms with Crippen LogP contribution in [0.1, 0.15) is 30.0 Å². The molecule has 0 radical (unpaired) electrons. The molecule has 1 aromatic rings. The highest BCUT2D eigenvalue weighted by atomic mass is 15.0. The van der Waals surface area contributed by atoms with Crippen LogP contribution in [-0.4, -0.2) is 12.6 Å². The number of rotatable bonds is 1. The van der Waals surface area contributed by atoms with Crippen molar-refractivity contribution in [2.45, 2.75) is 31.8 Å². The van der Waals surface area contributed by atoms with E-state index in [9.17, 15) is 0 Å². The average Bonchev–Trinajstić information content (AvgIpc) is 2.23. The van der Waals surface area contributed by atoms with Crippen molar-refractivity contribution in [3.63, 3.8) is 0 Å². The summed E-state index contributed by atoms with van der Waals surface area (Å²) in [7, 11) is 0. The van der Waals surface area contributed by atoms with Gasteiger partial charge in [-0.05, 0) is 43.0 Å². The predicted octanol–water partition coefficient (Wildman–Crippen LogP) is 1.33. The van der Waals surface area contributed by atoms with Crippen LogP contribution in [0.2, 0.25) is 0 Å². The number of piperidine rings is 1. The molecule has 0 saturated carbocycles. The topological polar surface area (TPSA) is 64.1 Å². The van der Waals surface area contributed by atoms with E-state index in [0.717, 1.165) is 25.1 Å². The van der Waals surface area contributed by atoms with E-state index in [1.165, 1.54) is 11.1 Å². The van der Waals surface area contributed by atoms with E-state index in [2.05, 4.69) is 24.4 Å². The Kier molecular flexibility index (Phi) is 2.93. The first kappa shape index (κ1) is 10.5. The fourth-order valence-electron chi connectivity index (χ4n) is 2.18. The molecule has 15 heavy (non-hydrogen) atoms. The smallest absolute Gasteiger partial charge is 0.0324 e. The monoisotopic (exact) mass is 205 g/mol. The lowest BCUT2D eigenvalue weighted by atomic mass is 9.92. The minimum atomic E-state index is 0.308. The molecule has 1 aliphatic rings. The summed E-state index contributed by atoms with van der Waals surface area (Å²) in [6.07, 6.45) is 2.19. The zero-order chi connectivity index (χ0) is 10.8. The van der Waals surface area contributed by atoms with Crippen LogP contribution in [-0.2, 0) is 0 Å². The van der Waals surface area contributed by atoms with Crippen molar-refractivity contribution in [3.05, 3.63) is 29.3 Å². The van der Waals surface area contributed by atoms with Crippen molar-refractivity contribution in [3.8, 4) is 0 Å². The molecule has 0 aliphatic carbocycles. The van der Waals surface area contributed by atoms with Gasteiger partial charge in [0.2, 0.25) is 0 Å². The lowest BCUT2D eigenvalue weighted by molar-refractivity contribution is 0.372. The van der Waals surface area contributed by atoms with E-state index in [4.69, 9.17) is 11.5 Å². The Labute approximate surface area is 90.8 Å². The lowest BCUT2D eigenvalue weighted by Gasteiger charge is -2.29. The summed E-state index contributed by atoms with van der Waals surface area (Å²) in [5.41, 5.74) is 15.1. The molecular formula is C12H19N3. The fraction of sp³-hybridized carbons (Fsp3) is 0.500. The second-order valence-corrected chi connectivity index (χ2v) is 4.41. The van der Waals surface area contributed by atoms with Gasteiger partial charge < -0.3 is 16.8 Å². The minimum Gasteiger partial charge on any atom is -0.399 e. The SMILES string of the molecule is Cc1ccc(N)cc1C1CCC(N)CN1. The Balaban J connectivity index is 2.18. The molecule has 0 spiro atoms. The average molecular weight is 205 g/mol. The van der Waals surface area contributed by atoms with Gasteiger partial charge in [-0.15, -0.1) is 0 Å². The quantitative estimate of drug-likeness (QED) is 0.606. The van der Waals surface area contributed by atoms with Crippen LogP contribution in [0, 0.1) is 6.92 Å². The van der Waals surface area contributed by atoms with Gasteiger partial charge in [-0.25, -0.2) is 0 Å². The first-order valence-corrected chi connectivity index (χ1v) is 5.52. The van der Waals surface area contributed by atoms with E-state index < -0.39 is 0 Å². The molecule has 2 atom stereocenters. The van der Waals surface area contributed by atoms with Crippen LogP contribution in [0.5, 0.6) is 0 Å². The normalized spacial score (nSPS) is 26.5. The molecule has 0 aromatic heterocycles. The minimum absolute atomic E-state index is 0.308. The zero-order valence-electron chi connectivity index (χ0n) is 9.16. The molecule has 82 valence electrons. The van der Waals surface area contributed by atoms with Crippen LogP contribution in [0.25, 0.3) is 0 Å². The Bertz CT molecular complexity index is 341. The molecule has 1 saturated heterocycles. The van der Waals surface area contributed by atoms with Gasteiger partial charge in [-0.2, -0.15) is 0 Å². The van der Waals surface area contributed by atoms with Crippen molar-refractivity contribution in [2.75, 3.05) is 12.3 Å². The first-order valence-electron chi connectivity index (χ1n) is 5.52. The molecule has 3 heteroatoms. The van der Waals surface area contributed by atoms with Crippen LogP contribution in [0.4, 0.5) is 5.69 Å². The molecule has 3 nitrogen and oxygen atoms in total. The van der Waals surface area contributed by atoms with E-state index in [0.29, 0.717) is 12.1 Å². The third kappa shape index (κ3) is 2.30. The van der Waals surface area contributed by atoms with E-state index in [1.54, 1.807) is 0 Å². The summed E-state index contributed by atoms with van der Waals surface area (Å²) in [5.74, 6) is 0. The number of anilines is 1. The summed E-state index contributed by atoms with van der Waals surface area (Å²) in [4.78, 5) is 0. The maximum atomic E-state index is 5.86. The number of aryl methyl sites for hydroxylation is 1. The second kappa shape index (κ2) is 4.21. The highest BCUT2D eigenvalue weighted by Crippen LogP contribution is 2.26. The molecule has 1 aliphatic heterocycles. The summed E-state index contributed by atoms with van der Waals surface area (Å²) in [6, 6.07) is 6.84. The Morgan fingerprint density at radius 2 is 2.13 bits per heavy atom. The number of nitrogens with two attached hydrogens (primary N) is 2. The summed E-state index contributed by atoms with van der Waals surface area (Å²) < 4.78 is 0. The summed E-state index contributed by atoms with van der Waals surface area (Å²) in [6.45, 7) is 3.03. The molecule has 2 rings (SSSR count). The van der Waals surface area contributed by atoms with Gasteiger partial charge in [0.25, 0.3) is 0 Å². The van der Waals surface area contributed by atoms with Gasteiger partial charge >= 0.3 is 0 Å².